The molecular formula is C19H18N4O2. The first kappa shape index (κ1) is 16.4. The maximum atomic E-state index is 12.2. The molecule has 6 nitrogen and oxygen atoms in total. The molecule has 3 rings (SSSR count). The van der Waals surface area contributed by atoms with E-state index in [4.69, 9.17) is 4.74 Å². The standard InChI is InChI=1S/C19H18N4O2/c1-13-7-9-14(10-8-13)22-19(24)16-11-21-18(12-20-16)23-15-5-3-4-6-17(15)25-2/h3-12H,1-2H3,(H,21,23)(H,22,24). The second kappa shape index (κ2) is 7.44. The fourth-order valence-corrected chi connectivity index (χ4v) is 2.23. The highest BCUT2D eigenvalue weighted by atomic mass is 16.5. The molecule has 1 aromatic heterocycles. The summed E-state index contributed by atoms with van der Waals surface area (Å²) in [6, 6.07) is 15.0. The maximum Gasteiger partial charge on any atom is 0.275 e. The number of anilines is 3. The van der Waals surface area contributed by atoms with E-state index in [0.717, 1.165) is 11.3 Å². The van der Waals surface area contributed by atoms with Crippen molar-refractivity contribution in [3.63, 3.8) is 0 Å². The van der Waals surface area contributed by atoms with Gasteiger partial charge in [-0.05, 0) is 31.2 Å². The number of para-hydroxylation sites is 2. The Morgan fingerprint density at radius 2 is 1.76 bits per heavy atom. The molecule has 0 unspecified atom stereocenters. The minimum atomic E-state index is -0.305. The number of nitrogens with one attached hydrogen (secondary N) is 2. The normalized spacial score (nSPS) is 10.2. The molecule has 0 aliphatic carbocycles. The second-order valence-electron chi connectivity index (χ2n) is 5.43. The summed E-state index contributed by atoms with van der Waals surface area (Å²) in [5.41, 5.74) is 2.86. The maximum absolute atomic E-state index is 12.2. The van der Waals surface area contributed by atoms with Crippen LogP contribution in [0.5, 0.6) is 5.75 Å². The van der Waals surface area contributed by atoms with Crippen LogP contribution in [0.25, 0.3) is 0 Å². The lowest BCUT2D eigenvalue weighted by molar-refractivity contribution is 0.102. The average molecular weight is 334 g/mol. The monoisotopic (exact) mass is 334 g/mol. The van der Waals surface area contributed by atoms with Crippen molar-refractivity contribution in [3.05, 3.63) is 72.2 Å². The smallest absolute Gasteiger partial charge is 0.275 e. The van der Waals surface area contributed by atoms with Crippen LogP contribution in [0.3, 0.4) is 0 Å². The molecule has 0 bridgehead atoms. The Morgan fingerprint density at radius 1 is 1.00 bits per heavy atom. The van der Waals surface area contributed by atoms with Crippen LogP contribution in [0.15, 0.2) is 60.9 Å². The van der Waals surface area contributed by atoms with Gasteiger partial charge in [0.15, 0.2) is 0 Å². The first-order valence-electron chi connectivity index (χ1n) is 7.76. The van der Waals surface area contributed by atoms with E-state index in [9.17, 15) is 4.79 Å². The van der Waals surface area contributed by atoms with Gasteiger partial charge in [-0.15, -0.1) is 0 Å². The summed E-state index contributed by atoms with van der Waals surface area (Å²) in [6.45, 7) is 1.99. The van der Waals surface area contributed by atoms with Gasteiger partial charge in [-0.2, -0.15) is 0 Å². The Bertz CT molecular complexity index is 861. The zero-order chi connectivity index (χ0) is 17.6. The number of aryl methyl sites for hydroxylation is 1. The molecule has 6 heteroatoms. The summed E-state index contributed by atoms with van der Waals surface area (Å²) in [7, 11) is 1.60. The SMILES string of the molecule is COc1ccccc1Nc1cnc(C(=O)Nc2ccc(C)cc2)cn1. The number of ether oxygens (including phenoxy) is 1. The van der Waals surface area contributed by atoms with Crippen LogP contribution < -0.4 is 15.4 Å². The first-order chi connectivity index (χ1) is 12.2. The molecule has 2 N–H and O–H groups in total. The van der Waals surface area contributed by atoms with E-state index in [-0.39, 0.29) is 11.6 Å². The van der Waals surface area contributed by atoms with Gasteiger partial charge in [0.05, 0.1) is 25.2 Å². The van der Waals surface area contributed by atoms with Gasteiger partial charge in [0.2, 0.25) is 0 Å². The Hall–Kier alpha value is -3.41. The topological polar surface area (TPSA) is 76.1 Å². The molecule has 0 saturated carbocycles. The number of carbonyl (C=O) groups excluding carboxylic acids is 1. The summed E-state index contributed by atoms with van der Waals surface area (Å²) in [5.74, 6) is 0.919. The Kier molecular flexibility index (Phi) is 4.89. The third-order valence-electron chi connectivity index (χ3n) is 3.56. The largest absolute Gasteiger partial charge is 0.495 e. The number of amides is 1. The van der Waals surface area contributed by atoms with E-state index in [1.165, 1.54) is 12.4 Å². The van der Waals surface area contributed by atoms with Gasteiger partial charge in [-0.3, -0.25) is 4.79 Å². The van der Waals surface area contributed by atoms with Crippen molar-refractivity contribution in [1.29, 1.82) is 0 Å². The van der Waals surface area contributed by atoms with Crippen molar-refractivity contribution in [2.45, 2.75) is 6.92 Å². The predicted octanol–water partition coefficient (Wildman–Crippen LogP) is 3.79. The number of aromatic nitrogens is 2. The summed E-state index contributed by atoms with van der Waals surface area (Å²) in [6.07, 6.45) is 2.94. The molecule has 126 valence electrons. The number of hydrogen-bond donors (Lipinski definition) is 2. The van der Waals surface area contributed by atoms with E-state index in [1.54, 1.807) is 7.11 Å². The molecule has 0 aliphatic rings. The van der Waals surface area contributed by atoms with Crippen LogP contribution in [0.1, 0.15) is 16.1 Å². The summed E-state index contributed by atoms with van der Waals surface area (Å²) in [5, 5.41) is 5.91. The fraction of sp³-hybridized carbons (Fsp3) is 0.105. The molecule has 0 fully saturated rings. The van der Waals surface area contributed by atoms with Crippen LogP contribution in [-0.2, 0) is 0 Å². The van der Waals surface area contributed by atoms with Gasteiger partial charge in [0.1, 0.15) is 17.3 Å². The lowest BCUT2D eigenvalue weighted by Gasteiger charge is -2.10. The van der Waals surface area contributed by atoms with Crippen molar-refractivity contribution in [2.24, 2.45) is 0 Å². The Balaban J connectivity index is 1.69. The Morgan fingerprint density at radius 3 is 2.44 bits per heavy atom. The van der Waals surface area contributed by atoms with Gasteiger partial charge in [-0.1, -0.05) is 29.8 Å². The van der Waals surface area contributed by atoms with Crippen LogP contribution in [-0.4, -0.2) is 23.0 Å². The molecule has 3 aromatic rings. The molecule has 0 atom stereocenters. The van der Waals surface area contributed by atoms with Gasteiger partial charge in [-0.25, -0.2) is 9.97 Å². The molecule has 0 saturated heterocycles. The van der Waals surface area contributed by atoms with Crippen LogP contribution in [0, 0.1) is 6.92 Å². The molecule has 25 heavy (non-hydrogen) atoms. The number of methoxy groups -OCH3 is 1. The highest BCUT2D eigenvalue weighted by molar-refractivity contribution is 6.02. The van der Waals surface area contributed by atoms with Crippen LogP contribution >= 0.6 is 0 Å². The van der Waals surface area contributed by atoms with Crippen LogP contribution in [0.2, 0.25) is 0 Å². The summed E-state index contributed by atoms with van der Waals surface area (Å²) >= 11 is 0. The number of carbonyl (C=O) groups is 1. The second-order valence-corrected chi connectivity index (χ2v) is 5.43. The minimum absolute atomic E-state index is 0.242. The first-order valence-corrected chi connectivity index (χ1v) is 7.76. The summed E-state index contributed by atoms with van der Waals surface area (Å²) < 4.78 is 5.28. The molecule has 2 aromatic carbocycles. The third kappa shape index (κ3) is 4.11. The van der Waals surface area contributed by atoms with E-state index < -0.39 is 0 Å². The molecule has 1 amide bonds. The van der Waals surface area contributed by atoms with Crippen LogP contribution in [0.4, 0.5) is 17.2 Å². The number of benzene rings is 2. The van der Waals surface area contributed by atoms with Gasteiger partial charge in [0.25, 0.3) is 5.91 Å². The molecular weight excluding hydrogens is 316 g/mol. The molecule has 0 spiro atoms. The molecule has 0 aliphatic heterocycles. The number of nitrogens with zero attached hydrogens (tertiary/aromatic N) is 2. The quantitative estimate of drug-likeness (QED) is 0.742. The van der Waals surface area contributed by atoms with Crippen molar-refractivity contribution in [2.75, 3.05) is 17.7 Å². The zero-order valence-electron chi connectivity index (χ0n) is 14.0. The van der Waals surface area contributed by atoms with Crippen molar-refractivity contribution in [1.82, 2.24) is 9.97 Å². The lowest BCUT2D eigenvalue weighted by atomic mass is 10.2. The van der Waals surface area contributed by atoms with E-state index in [1.807, 2.05) is 55.5 Å². The lowest BCUT2D eigenvalue weighted by Crippen LogP contribution is -2.14. The van der Waals surface area contributed by atoms with Gasteiger partial charge < -0.3 is 15.4 Å². The fourth-order valence-electron chi connectivity index (χ4n) is 2.23. The highest BCUT2D eigenvalue weighted by Gasteiger charge is 2.09. The minimum Gasteiger partial charge on any atom is -0.495 e. The van der Waals surface area contributed by atoms with Gasteiger partial charge >= 0.3 is 0 Å². The van der Waals surface area contributed by atoms with E-state index in [2.05, 4.69) is 20.6 Å². The predicted molar refractivity (Wildman–Crippen MR) is 97.4 cm³/mol. The summed E-state index contributed by atoms with van der Waals surface area (Å²) in [4.78, 5) is 20.6. The van der Waals surface area contributed by atoms with E-state index in [0.29, 0.717) is 17.3 Å². The zero-order valence-corrected chi connectivity index (χ0v) is 14.0. The highest BCUT2D eigenvalue weighted by Crippen LogP contribution is 2.25. The van der Waals surface area contributed by atoms with E-state index >= 15 is 0 Å². The molecule has 1 heterocycles. The average Bonchev–Trinajstić information content (AvgIpc) is 2.64. The number of hydrogen-bond acceptors (Lipinski definition) is 5. The Labute approximate surface area is 145 Å². The van der Waals surface area contributed by atoms with Crippen molar-refractivity contribution < 1.29 is 9.53 Å². The number of rotatable bonds is 5. The van der Waals surface area contributed by atoms with Gasteiger partial charge in [0, 0.05) is 5.69 Å². The van der Waals surface area contributed by atoms with Crippen molar-refractivity contribution in [3.8, 4) is 5.75 Å². The molecule has 0 radical (unpaired) electrons. The third-order valence-corrected chi connectivity index (χ3v) is 3.56. The van der Waals surface area contributed by atoms with Crippen molar-refractivity contribution >= 4 is 23.1 Å².